The molecule has 0 bridgehead atoms. The molecule has 1 amide bonds. The zero-order valence-electron chi connectivity index (χ0n) is 18.0. The van der Waals surface area contributed by atoms with Gasteiger partial charge in [-0.15, -0.1) is 0 Å². The molecule has 0 saturated carbocycles. The topological polar surface area (TPSA) is 70.8 Å². The van der Waals surface area contributed by atoms with E-state index in [2.05, 4.69) is 4.90 Å². The molecular weight excluding hydrogens is 418 g/mol. The zero-order chi connectivity index (χ0) is 22.1. The highest BCUT2D eigenvalue weighted by molar-refractivity contribution is 6.30. The van der Waals surface area contributed by atoms with Crippen LogP contribution < -0.4 is 21.0 Å². The van der Waals surface area contributed by atoms with Gasteiger partial charge in [0.2, 0.25) is 5.91 Å². The van der Waals surface area contributed by atoms with Crippen molar-refractivity contribution in [2.24, 2.45) is 20.0 Å². The smallest absolute Gasteiger partial charge is 0.332 e. The van der Waals surface area contributed by atoms with E-state index in [0.29, 0.717) is 30.5 Å². The molecule has 31 heavy (non-hydrogen) atoms. The molecule has 2 aliphatic heterocycles. The number of piperazine rings is 1. The first kappa shape index (κ1) is 21.5. The van der Waals surface area contributed by atoms with Gasteiger partial charge in [0.25, 0.3) is 5.56 Å². The lowest BCUT2D eigenvalue weighted by atomic mass is 9.96. The molecule has 0 N–H and O–H groups in total. The van der Waals surface area contributed by atoms with Gasteiger partial charge < -0.3 is 14.7 Å². The molecule has 1 aromatic heterocycles. The number of nitrogens with zero attached hydrogens (tertiary/aromatic N) is 5. The Morgan fingerprint density at radius 3 is 2.29 bits per heavy atom. The quantitative estimate of drug-likeness (QED) is 0.712. The SMILES string of the molecule is Cn1c(N2CCC[C@H](C(=O)N3CCN(c4ccc(Cl)cc4)CC3)C2)cc(=O)n(C)c1=O. The maximum Gasteiger partial charge on any atom is 0.332 e. The molecule has 8 nitrogen and oxygen atoms in total. The summed E-state index contributed by atoms with van der Waals surface area (Å²) in [6.45, 7) is 4.19. The molecule has 0 aliphatic carbocycles. The van der Waals surface area contributed by atoms with E-state index in [0.717, 1.165) is 42.7 Å². The fraction of sp³-hybridized carbons (Fsp3) is 0.500. The van der Waals surface area contributed by atoms with Crippen LogP contribution in [0.2, 0.25) is 5.02 Å². The Morgan fingerprint density at radius 1 is 0.935 bits per heavy atom. The van der Waals surface area contributed by atoms with Crippen LogP contribution in [-0.2, 0) is 18.9 Å². The van der Waals surface area contributed by atoms with Crippen LogP contribution in [0, 0.1) is 5.92 Å². The van der Waals surface area contributed by atoms with E-state index in [4.69, 9.17) is 11.6 Å². The first-order chi connectivity index (χ1) is 14.8. The summed E-state index contributed by atoms with van der Waals surface area (Å²) in [6.07, 6.45) is 1.68. The van der Waals surface area contributed by atoms with Crippen LogP contribution in [0.5, 0.6) is 0 Å². The number of anilines is 2. The van der Waals surface area contributed by atoms with E-state index in [1.54, 1.807) is 7.05 Å². The Labute approximate surface area is 186 Å². The molecule has 2 aliphatic rings. The number of benzene rings is 1. The highest BCUT2D eigenvalue weighted by atomic mass is 35.5. The first-order valence-electron chi connectivity index (χ1n) is 10.7. The van der Waals surface area contributed by atoms with Gasteiger partial charge >= 0.3 is 5.69 Å². The lowest BCUT2D eigenvalue weighted by molar-refractivity contribution is -0.136. The van der Waals surface area contributed by atoms with Gasteiger partial charge in [-0.25, -0.2) is 4.79 Å². The highest BCUT2D eigenvalue weighted by Crippen LogP contribution is 2.25. The maximum atomic E-state index is 13.2. The van der Waals surface area contributed by atoms with Crippen molar-refractivity contribution in [1.29, 1.82) is 0 Å². The van der Waals surface area contributed by atoms with Crippen LogP contribution in [0.25, 0.3) is 0 Å². The van der Waals surface area contributed by atoms with E-state index >= 15 is 0 Å². The molecule has 0 spiro atoms. The van der Waals surface area contributed by atoms with E-state index in [1.807, 2.05) is 34.1 Å². The molecule has 3 heterocycles. The third kappa shape index (κ3) is 4.35. The predicted molar refractivity (Wildman–Crippen MR) is 122 cm³/mol. The van der Waals surface area contributed by atoms with Crippen molar-refractivity contribution < 1.29 is 4.79 Å². The first-order valence-corrected chi connectivity index (χ1v) is 11.0. The number of piperidine rings is 1. The number of hydrogen-bond acceptors (Lipinski definition) is 5. The van der Waals surface area contributed by atoms with Crippen LogP contribution in [-0.4, -0.2) is 59.2 Å². The minimum absolute atomic E-state index is 0.130. The van der Waals surface area contributed by atoms with Gasteiger partial charge in [0.05, 0.1) is 5.92 Å². The lowest BCUT2D eigenvalue weighted by Crippen LogP contribution is -2.53. The Bertz CT molecular complexity index is 1070. The van der Waals surface area contributed by atoms with Crippen molar-refractivity contribution in [2.45, 2.75) is 12.8 Å². The largest absolute Gasteiger partial charge is 0.368 e. The second kappa shape index (κ2) is 8.78. The minimum Gasteiger partial charge on any atom is -0.368 e. The number of carbonyl (C=O) groups is 1. The van der Waals surface area contributed by atoms with E-state index < -0.39 is 0 Å². The van der Waals surface area contributed by atoms with Gasteiger partial charge in [-0.2, -0.15) is 0 Å². The number of hydrogen-bond donors (Lipinski definition) is 0. The summed E-state index contributed by atoms with van der Waals surface area (Å²) in [5.74, 6) is 0.613. The number of halogens is 1. The molecule has 2 aromatic rings. The van der Waals surface area contributed by atoms with Gasteiger partial charge in [0.15, 0.2) is 0 Å². The molecule has 9 heteroatoms. The summed E-state index contributed by atoms with van der Waals surface area (Å²) in [5.41, 5.74) is 0.436. The minimum atomic E-state index is -0.353. The van der Waals surface area contributed by atoms with Gasteiger partial charge in [-0.1, -0.05) is 11.6 Å². The average molecular weight is 446 g/mol. The van der Waals surface area contributed by atoms with Gasteiger partial charge in [-0.3, -0.25) is 18.7 Å². The van der Waals surface area contributed by atoms with Crippen molar-refractivity contribution in [2.75, 3.05) is 49.1 Å². The number of carbonyl (C=O) groups excluding carboxylic acids is 1. The van der Waals surface area contributed by atoms with Crippen molar-refractivity contribution in [3.63, 3.8) is 0 Å². The predicted octanol–water partition coefficient (Wildman–Crippen LogP) is 1.30. The summed E-state index contributed by atoms with van der Waals surface area (Å²) < 4.78 is 2.58. The van der Waals surface area contributed by atoms with Crippen molar-refractivity contribution in [3.8, 4) is 0 Å². The lowest BCUT2D eigenvalue weighted by Gasteiger charge is -2.40. The Hall–Kier alpha value is -2.74. The third-order valence-corrected chi connectivity index (χ3v) is 6.63. The van der Waals surface area contributed by atoms with Crippen LogP contribution in [0.3, 0.4) is 0 Å². The maximum absolute atomic E-state index is 13.2. The number of aromatic nitrogens is 2. The standard InChI is InChI=1S/C22H28ClN5O3/c1-24-19(14-20(29)25(2)22(24)31)28-9-3-4-16(15-28)21(30)27-12-10-26(11-13-27)18-7-5-17(23)6-8-18/h5-8,14,16H,3-4,9-13,15H2,1-2H3/t16-/m0/s1. The molecule has 1 atom stereocenters. The zero-order valence-corrected chi connectivity index (χ0v) is 18.7. The van der Waals surface area contributed by atoms with Crippen LogP contribution in [0.4, 0.5) is 11.5 Å². The molecule has 0 radical (unpaired) electrons. The van der Waals surface area contributed by atoms with Crippen LogP contribution in [0.15, 0.2) is 39.9 Å². The molecule has 2 saturated heterocycles. The molecule has 1 aromatic carbocycles. The van der Waals surface area contributed by atoms with Crippen molar-refractivity contribution in [1.82, 2.24) is 14.0 Å². The highest BCUT2D eigenvalue weighted by Gasteiger charge is 2.32. The summed E-state index contributed by atoms with van der Waals surface area (Å²) in [4.78, 5) is 43.8. The Kier molecular flexibility index (Phi) is 6.09. The summed E-state index contributed by atoms with van der Waals surface area (Å²) in [5, 5.41) is 0.716. The van der Waals surface area contributed by atoms with Crippen LogP contribution >= 0.6 is 11.6 Å². The van der Waals surface area contributed by atoms with Gasteiger partial charge in [-0.05, 0) is 37.1 Å². The number of rotatable bonds is 3. The second-order valence-electron chi connectivity index (χ2n) is 8.32. The van der Waals surface area contributed by atoms with Crippen LogP contribution in [0.1, 0.15) is 12.8 Å². The van der Waals surface area contributed by atoms with Gasteiger partial charge in [0, 0.05) is 70.1 Å². The third-order valence-electron chi connectivity index (χ3n) is 6.38. The van der Waals surface area contributed by atoms with Crippen molar-refractivity contribution >= 4 is 29.0 Å². The molecule has 166 valence electrons. The number of amides is 1. The fourth-order valence-corrected chi connectivity index (χ4v) is 4.63. The van der Waals surface area contributed by atoms with E-state index in [1.165, 1.54) is 17.7 Å². The Balaban J connectivity index is 1.41. The fourth-order valence-electron chi connectivity index (χ4n) is 4.51. The van der Waals surface area contributed by atoms with E-state index in [-0.39, 0.29) is 23.1 Å². The monoisotopic (exact) mass is 445 g/mol. The van der Waals surface area contributed by atoms with E-state index in [9.17, 15) is 14.4 Å². The summed E-state index contributed by atoms with van der Waals surface area (Å²) >= 11 is 5.98. The molecule has 4 rings (SSSR count). The normalized spacial score (nSPS) is 19.6. The summed E-state index contributed by atoms with van der Waals surface area (Å²) in [6, 6.07) is 9.27. The molecule has 2 fully saturated rings. The average Bonchev–Trinajstić information content (AvgIpc) is 2.80. The van der Waals surface area contributed by atoms with Gasteiger partial charge in [0.1, 0.15) is 5.82 Å². The summed E-state index contributed by atoms with van der Waals surface area (Å²) in [7, 11) is 3.14. The second-order valence-corrected chi connectivity index (χ2v) is 8.75. The molecule has 0 unspecified atom stereocenters. The molecular formula is C22H28ClN5O3. The Morgan fingerprint density at radius 2 is 1.61 bits per heavy atom. The van der Waals surface area contributed by atoms with Crippen molar-refractivity contribution in [3.05, 3.63) is 56.2 Å².